The lowest BCUT2D eigenvalue weighted by molar-refractivity contribution is 0.0288. The van der Waals surface area contributed by atoms with Crippen LogP contribution < -0.4 is 9.44 Å². The minimum absolute atomic E-state index is 0.0637. The number of hydrogen-bond donors (Lipinski definition) is 1. The molecule has 0 aliphatic carbocycles. The molecule has 1 fully saturated rings. The molecule has 1 aromatic carbocycles. The van der Waals surface area contributed by atoms with Crippen LogP contribution in [0.15, 0.2) is 23.1 Å². The number of benzene rings is 1. The minimum Gasteiger partial charge on any atom is -0.755 e. The van der Waals surface area contributed by atoms with Gasteiger partial charge in [0.1, 0.15) is 4.90 Å². The van der Waals surface area contributed by atoms with Crippen LogP contribution in [0.3, 0.4) is 0 Å². The third kappa shape index (κ3) is 3.98. The topological polar surface area (TPSA) is 113 Å². The highest BCUT2D eigenvalue weighted by Gasteiger charge is 2.33. The van der Waals surface area contributed by atoms with E-state index < -0.39 is 26.9 Å². The fourth-order valence-electron chi connectivity index (χ4n) is 2.36. The average Bonchev–Trinajstić information content (AvgIpc) is 2.82. The van der Waals surface area contributed by atoms with Crippen LogP contribution in [0, 0.1) is 0 Å². The minimum atomic E-state index is -4.05. The number of nitrogens with zero attached hydrogens (tertiary/aromatic N) is 1. The molecule has 0 bridgehead atoms. The number of hydrogen-bond acceptors (Lipinski definition) is 5. The lowest BCUT2D eigenvalue weighted by atomic mass is 10.0. The quantitative estimate of drug-likeness (QED) is 0.784. The van der Waals surface area contributed by atoms with Crippen LogP contribution in [0.4, 0.5) is 5.69 Å². The Labute approximate surface area is 136 Å². The van der Waals surface area contributed by atoms with E-state index in [1.54, 1.807) is 0 Å². The van der Waals surface area contributed by atoms with Crippen molar-refractivity contribution in [2.75, 3.05) is 17.5 Å². The molecule has 10 heteroatoms. The maximum absolute atomic E-state index is 11.5. The molecule has 124 valence electrons. The summed E-state index contributed by atoms with van der Waals surface area (Å²) < 4.78 is 52.7. The summed E-state index contributed by atoms with van der Waals surface area (Å²) in [6.07, 6.45) is 1.56. The zero-order chi connectivity index (χ0) is 16.5. The molecule has 0 saturated carbocycles. The SMILES string of the molecule is CC1(CN(c2ccc(Cl)c(S(N)(=O)=O)c2)S(=O)[O-])CCCO1. The van der Waals surface area contributed by atoms with Gasteiger partial charge in [-0.15, -0.1) is 0 Å². The van der Waals surface area contributed by atoms with Gasteiger partial charge in [0.25, 0.3) is 0 Å². The van der Waals surface area contributed by atoms with E-state index >= 15 is 0 Å². The third-order valence-electron chi connectivity index (χ3n) is 3.47. The van der Waals surface area contributed by atoms with Crippen LogP contribution >= 0.6 is 11.6 Å². The summed E-state index contributed by atoms with van der Waals surface area (Å²) >= 11 is 3.21. The molecule has 2 N–H and O–H groups in total. The van der Waals surface area contributed by atoms with Gasteiger partial charge in [-0.05, 0) is 38.0 Å². The van der Waals surface area contributed by atoms with Gasteiger partial charge in [-0.2, -0.15) is 0 Å². The molecule has 1 aliphatic heterocycles. The molecule has 1 heterocycles. The normalized spacial score (nSPS) is 23.5. The molecule has 1 saturated heterocycles. The molecule has 2 unspecified atom stereocenters. The smallest absolute Gasteiger partial charge is 0.239 e. The Balaban J connectivity index is 2.39. The van der Waals surface area contributed by atoms with Crippen molar-refractivity contribution in [3.8, 4) is 0 Å². The summed E-state index contributed by atoms with van der Waals surface area (Å²) in [5.74, 6) is 0. The molecular formula is C12H16ClN2O5S2-. The van der Waals surface area contributed by atoms with Crippen LogP contribution in [0.1, 0.15) is 19.8 Å². The molecular weight excluding hydrogens is 352 g/mol. The van der Waals surface area contributed by atoms with Gasteiger partial charge in [-0.3, -0.25) is 8.51 Å². The van der Waals surface area contributed by atoms with Crippen molar-refractivity contribution in [2.45, 2.75) is 30.3 Å². The maximum Gasteiger partial charge on any atom is 0.239 e. The standard InChI is InChI=1S/C12H17ClN2O5S2/c1-12(5-2-6-20-12)8-15(21(16)17)9-3-4-10(13)11(7-9)22(14,18)19/h3-4,7H,2,5-6,8H2,1H3,(H,16,17)(H2,14,18,19)/p-1. The van der Waals surface area contributed by atoms with Crippen molar-refractivity contribution in [3.63, 3.8) is 0 Å². The van der Waals surface area contributed by atoms with Crippen molar-refractivity contribution < 1.29 is 21.9 Å². The van der Waals surface area contributed by atoms with E-state index in [0.29, 0.717) is 6.61 Å². The largest absolute Gasteiger partial charge is 0.755 e. The van der Waals surface area contributed by atoms with Crippen molar-refractivity contribution in [2.24, 2.45) is 5.14 Å². The Hall–Kier alpha value is -0.710. The van der Waals surface area contributed by atoms with Crippen molar-refractivity contribution in [1.29, 1.82) is 0 Å². The van der Waals surface area contributed by atoms with E-state index in [1.807, 2.05) is 6.92 Å². The Morgan fingerprint density at radius 3 is 2.73 bits per heavy atom. The average molecular weight is 368 g/mol. The molecule has 0 radical (unpaired) electrons. The van der Waals surface area contributed by atoms with Gasteiger partial charge in [-0.1, -0.05) is 11.6 Å². The second-order valence-electron chi connectivity index (χ2n) is 5.32. The van der Waals surface area contributed by atoms with Crippen LogP contribution in [0.2, 0.25) is 5.02 Å². The third-order valence-corrected chi connectivity index (χ3v) is 5.56. The molecule has 1 aromatic rings. The molecule has 0 amide bonds. The first-order valence-electron chi connectivity index (χ1n) is 6.46. The van der Waals surface area contributed by atoms with Gasteiger partial charge in [0, 0.05) is 23.6 Å². The predicted octanol–water partition coefficient (Wildman–Crippen LogP) is 1.16. The first-order chi connectivity index (χ1) is 10.1. The van der Waals surface area contributed by atoms with E-state index in [0.717, 1.165) is 23.2 Å². The molecule has 7 nitrogen and oxygen atoms in total. The molecule has 0 spiro atoms. The zero-order valence-electron chi connectivity index (χ0n) is 11.8. The number of sulfonamides is 1. The molecule has 2 rings (SSSR count). The first-order valence-corrected chi connectivity index (χ1v) is 9.41. The Kier molecular flexibility index (Phi) is 5.15. The van der Waals surface area contributed by atoms with Crippen LogP contribution in [0.25, 0.3) is 0 Å². The number of halogens is 1. The summed E-state index contributed by atoms with van der Waals surface area (Å²) in [5, 5.41) is 5.02. The predicted molar refractivity (Wildman–Crippen MR) is 82.7 cm³/mol. The molecule has 0 aromatic heterocycles. The van der Waals surface area contributed by atoms with Gasteiger partial charge in [0.2, 0.25) is 10.0 Å². The summed E-state index contributed by atoms with van der Waals surface area (Å²) in [4.78, 5) is -0.320. The van der Waals surface area contributed by atoms with Gasteiger partial charge >= 0.3 is 0 Å². The van der Waals surface area contributed by atoms with Crippen LogP contribution in [0.5, 0.6) is 0 Å². The Morgan fingerprint density at radius 2 is 2.23 bits per heavy atom. The van der Waals surface area contributed by atoms with Crippen molar-refractivity contribution in [1.82, 2.24) is 0 Å². The highest BCUT2D eigenvalue weighted by Crippen LogP contribution is 2.31. The summed E-state index contributed by atoms with van der Waals surface area (Å²) in [6.45, 7) is 2.46. The summed E-state index contributed by atoms with van der Waals surface area (Å²) in [6, 6.07) is 3.87. The Bertz CT molecular complexity index is 689. The van der Waals surface area contributed by atoms with Crippen molar-refractivity contribution >= 4 is 38.6 Å². The number of primary sulfonamides is 1. The Morgan fingerprint density at radius 1 is 1.55 bits per heavy atom. The fraction of sp³-hybridized carbons (Fsp3) is 0.500. The van der Waals surface area contributed by atoms with E-state index in [4.69, 9.17) is 21.5 Å². The van der Waals surface area contributed by atoms with E-state index in [-0.39, 0.29) is 22.2 Å². The second kappa shape index (κ2) is 6.42. The van der Waals surface area contributed by atoms with E-state index in [2.05, 4.69) is 0 Å². The van der Waals surface area contributed by atoms with Crippen LogP contribution in [-0.4, -0.2) is 35.9 Å². The van der Waals surface area contributed by atoms with Gasteiger partial charge in [-0.25, -0.2) is 13.6 Å². The van der Waals surface area contributed by atoms with Gasteiger partial charge in [0.15, 0.2) is 0 Å². The monoisotopic (exact) mass is 367 g/mol. The highest BCUT2D eigenvalue weighted by atomic mass is 35.5. The fourth-order valence-corrected chi connectivity index (χ4v) is 4.09. The van der Waals surface area contributed by atoms with Gasteiger partial charge < -0.3 is 9.29 Å². The van der Waals surface area contributed by atoms with Crippen molar-refractivity contribution in [3.05, 3.63) is 23.2 Å². The maximum atomic E-state index is 11.5. The summed E-state index contributed by atoms with van der Waals surface area (Å²) in [5.41, 5.74) is -0.444. The van der Waals surface area contributed by atoms with Gasteiger partial charge in [0.05, 0.1) is 17.2 Å². The number of rotatable bonds is 5. The second-order valence-corrected chi connectivity index (χ2v) is 8.13. The highest BCUT2D eigenvalue weighted by molar-refractivity contribution is 7.89. The van der Waals surface area contributed by atoms with Crippen LogP contribution in [-0.2, 0) is 26.0 Å². The van der Waals surface area contributed by atoms with E-state index in [1.165, 1.54) is 12.1 Å². The number of anilines is 1. The van der Waals surface area contributed by atoms with E-state index in [9.17, 15) is 17.2 Å². The number of ether oxygens (including phenoxy) is 1. The zero-order valence-corrected chi connectivity index (χ0v) is 14.2. The molecule has 2 atom stereocenters. The lowest BCUT2D eigenvalue weighted by Crippen LogP contribution is -2.41. The molecule has 22 heavy (non-hydrogen) atoms. The summed E-state index contributed by atoms with van der Waals surface area (Å²) in [7, 11) is -4.05. The lowest BCUT2D eigenvalue weighted by Gasteiger charge is -2.34. The molecule has 1 aliphatic rings. The number of nitrogens with two attached hydrogens (primary N) is 1. The first kappa shape index (κ1) is 17.6.